The van der Waals surface area contributed by atoms with E-state index in [1.54, 1.807) is 37.3 Å². The molecule has 1 aliphatic rings. The standard InChI is InChI=1S/C19H25F3N6O2/c1-18(2,3)30-17(29)28-7-5-12(6-8-28)25-16-23-9-13(19(20,21)22)15(26-16)14-10-27(4)11-24-14/h9-12H,5-8H2,1-4H3,(H,23,25,26). The minimum Gasteiger partial charge on any atom is -0.444 e. The SMILES string of the molecule is Cn1cnc(-c2nc(NC3CCN(C(=O)OC(C)(C)C)CC3)ncc2C(F)(F)F)c1. The molecular weight excluding hydrogens is 401 g/mol. The van der Waals surface area contributed by atoms with Crippen molar-refractivity contribution in [3.05, 3.63) is 24.3 Å². The summed E-state index contributed by atoms with van der Waals surface area (Å²) in [5.41, 5.74) is -1.66. The third kappa shape index (κ3) is 5.39. The Bertz CT molecular complexity index is 898. The lowest BCUT2D eigenvalue weighted by Gasteiger charge is -2.33. The van der Waals surface area contributed by atoms with Crippen LogP contribution in [0.25, 0.3) is 11.4 Å². The van der Waals surface area contributed by atoms with Gasteiger partial charge in [-0.05, 0) is 33.6 Å². The van der Waals surface area contributed by atoms with Gasteiger partial charge in [0, 0.05) is 38.6 Å². The number of alkyl halides is 3. The number of hydrogen-bond donors (Lipinski definition) is 1. The van der Waals surface area contributed by atoms with Crippen LogP contribution in [0.4, 0.5) is 23.9 Å². The Hall–Kier alpha value is -2.85. The van der Waals surface area contributed by atoms with Crippen LogP contribution in [-0.4, -0.2) is 55.2 Å². The fraction of sp³-hybridized carbons (Fsp3) is 0.579. The normalized spacial score (nSPS) is 15.9. The smallest absolute Gasteiger partial charge is 0.420 e. The maximum Gasteiger partial charge on any atom is 0.420 e. The van der Waals surface area contributed by atoms with E-state index in [1.165, 1.54) is 12.5 Å². The summed E-state index contributed by atoms with van der Waals surface area (Å²) < 4.78 is 47.1. The first-order chi connectivity index (χ1) is 13.9. The molecule has 0 radical (unpaired) electrons. The van der Waals surface area contributed by atoms with E-state index in [-0.39, 0.29) is 29.5 Å². The third-order valence-electron chi connectivity index (χ3n) is 4.52. The van der Waals surface area contributed by atoms with Gasteiger partial charge in [0.2, 0.25) is 5.95 Å². The molecule has 0 aromatic carbocycles. The van der Waals surface area contributed by atoms with E-state index in [0.29, 0.717) is 25.9 Å². The highest BCUT2D eigenvalue weighted by Gasteiger charge is 2.36. The van der Waals surface area contributed by atoms with Gasteiger partial charge in [-0.3, -0.25) is 0 Å². The van der Waals surface area contributed by atoms with Crippen LogP contribution in [0.2, 0.25) is 0 Å². The van der Waals surface area contributed by atoms with Gasteiger partial charge in [-0.1, -0.05) is 0 Å². The minimum absolute atomic E-state index is 0.0722. The van der Waals surface area contributed by atoms with E-state index < -0.39 is 17.3 Å². The summed E-state index contributed by atoms with van der Waals surface area (Å²) >= 11 is 0. The Balaban J connectivity index is 1.70. The Labute approximate surface area is 172 Å². The summed E-state index contributed by atoms with van der Waals surface area (Å²) in [5.74, 6) is 0.0966. The lowest BCUT2D eigenvalue weighted by molar-refractivity contribution is -0.137. The third-order valence-corrected chi connectivity index (χ3v) is 4.52. The second kappa shape index (κ2) is 8.11. The van der Waals surface area contributed by atoms with Crippen molar-refractivity contribution in [2.45, 2.75) is 51.4 Å². The molecule has 0 spiro atoms. The molecule has 0 unspecified atom stereocenters. The zero-order valence-electron chi connectivity index (χ0n) is 17.3. The van der Waals surface area contributed by atoms with Gasteiger partial charge in [0.05, 0.1) is 6.33 Å². The number of anilines is 1. The quantitative estimate of drug-likeness (QED) is 0.806. The number of aromatic nitrogens is 4. The Kier molecular flexibility index (Phi) is 5.91. The van der Waals surface area contributed by atoms with E-state index >= 15 is 0 Å². The first-order valence-corrected chi connectivity index (χ1v) is 9.59. The molecule has 3 rings (SSSR count). The Morgan fingerprint density at radius 1 is 1.20 bits per heavy atom. The second-order valence-electron chi connectivity index (χ2n) is 8.26. The van der Waals surface area contributed by atoms with Crippen molar-refractivity contribution in [2.24, 2.45) is 7.05 Å². The molecule has 1 fully saturated rings. The molecule has 0 saturated carbocycles. The Morgan fingerprint density at radius 3 is 2.40 bits per heavy atom. The van der Waals surface area contributed by atoms with Gasteiger partial charge in [0.15, 0.2) is 0 Å². The number of nitrogens with one attached hydrogen (secondary N) is 1. The molecule has 11 heteroatoms. The maximum absolute atomic E-state index is 13.4. The first-order valence-electron chi connectivity index (χ1n) is 9.59. The van der Waals surface area contributed by atoms with Crippen LogP contribution in [0.5, 0.6) is 0 Å². The van der Waals surface area contributed by atoms with Crippen LogP contribution in [0.3, 0.4) is 0 Å². The average molecular weight is 426 g/mol. The molecule has 0 bridgehead atoms. The average Bonchev–Trinajstić information content (AvgIpc) is 3.06. The molecule has 164 valence electrons. The summed E-state index contributed by atoms with van der Waals surface area (Å²) in [4.78, 5) is 25.7. The van der Waals surface area contributed by atoms with Gasteiger partial charge < -0.3 is 19.5 Å². The summed E-state index contributed by atoms with van der Waals surface area (Å²) in [6.07, 6.45) is -0.105. The molecule has 30 heavy (non-hydrogen) atoms. The van der Waals surface area contributed by atoms with E-state index in [9.17, 15) is 18.0 Å². The predicted molar refractivity (Wildman–Crippen MR) is 104 cm³/mol. The number of carbonyl (C=O) groups excluding carboxylic acids is 1. The number of imidazole rings is 1. The summed E-state index contributed by atoms with van der Waals surface area (Å²) in [5, 5.41) is 3.08. The fourth-order valence-electron chi connectivity index (χ4n) is 3.10. The van der Waals surface area contributed by atoms with E-state index in [4.69, 9.17) is 4.74 Å². The predicted octanol–water partition coefficient (Wildman–Crippen LogP) is 3.71. The van der Waals surface area contributed by atoms with Crippen LogP contribution in [-0.2, 0) is 18.0 Å². The highest BCUT2D eigenvalue weighted by Crippen LogP contribution is 2.35. The summed E-state index contributed by atoms with van der Waals surface area (Å²) in [6.45, 7) is 6.36. The molecule has 2 aromatic heterocycles. The second-order valence-corrected chi connectivity index (χ2v) is 8.26. The minimum atomic E-state index is -4.59. The van der Waals surface area contributed by atoms with Crippen molar-refractivity contribution in [2.75, 3.05) is 18.4 Å². The number of carbonyl (C=O) groups is 1. The number of ether oxygens (including phenoxy) is 1. The van der Waals surface area contributed by atoms with Crippen molar-refractivity contribution >= 4 is 12.0 Å². The first kappa shape index (κ1) is 21.8. The van der Waals surface area contributed by atoms with Crippen molar-refractivity contribution < 1.29 is 22.7 Å². The van der Waals surface area contributed by atoms with Gasteiger partial charge >= 0.3 is 12.3 Å². The molecule has 2 aromatic rings. The number of amides is 1. The number of halogens is 3. The van der Waals surface area contributed by atoms with Gasteiger partial charge in [-0.15, -0.1) is 0 Å². The van der Waals surface area contributed by atoms with Crippen molar-refractivity contribution in [3.63, 3.8) is 0 Å². The number of hydrogen-bond acceptors (Lipinski definition) is 6. The Morgan fingerprint density at radius 2 is 1.87 bits per heavy atom. The van der Waals surface area contributed by atoms with Crippen LogP contribution >= 0.6 is 0 Å². The molecule has 3 heterocycles. The van der Waals surface area contributed by atoms with Crippen LogP contribution in [0.1, 0.15) is 39.2 Å². The van der Waals surface area contributed by atoms with Gasteiger partial charge in [0.25, 0.3) is 0 Å². The number of nitrogens with zero attached hydrogens (tertiary/aromatic N) is 5. The largest absolute Gasteiger partial charge is 0.444 e. The monoisotopic (exact) mass is 426 g/mol. The van der Waals surface area contributed by atoms with Crippen LogP contribution < -0.4 is 5.32 Å². The van der Waals surface area contributed by atoms with Crippen LogP contribution in [0.15, 0.2) is 18.7 Å². The summed E-state index contributed by atoms with van der Waals surface area (Å²) in [7, 11) is 1.67. The highest BCUT2D eigenvalue weighted by molar-refractivity contribution is 5.68. The van der Waals surface area contributed by atoms with Gasteiger partial charge in [0.1, 0.15) is 22.6 Å². The molecule has 1 saturated heterocycles. The van der Waals surface area contributed by atoms with E-state index in [0.717, 1.165) is 6.20 Å². The lowest BCUT2D eigenvalue weighted by atomic mass is 10.1. The van der Waals surface area contributed by atoms with Crippen molar-refractivity contribution in [1.29, 1.82) is 0 Å². The number of rotatable bonds is 3. The molecule has 0 aliphatic carbocycles. The number of aryl methyl sites for hydroxylation is 1. The van der Waals surface area contributed by atoms with Crippen molar-refractivity contribution in [3.8, 4) is 11.4 Å². The molecule has 1 aliphatic heterocycles. The van der Waals surface area contributed by atoms with Crippen LogP contribution in [0, 0.1) is 0 Å². The van der Waals surface area contributed by atoms with Crippen molar-refractivity contribution in [1.82, 2.24) is 24.4 Å². The number of likely N-dealkylation sites (tertiary alicyclic amines) is 1. The van der Waals surface area contributed by atoms with E-state index in [1.807, 2.05) is 0 Å². The number of piperidine rings is 1. The zero-order chi connectivity index (χ0) is 22.1. The maximum atomic E-state index is 13.4. The summed E-state index contributed by atoms with van der Waals surface area (Å²) in [6, 6.07) is -0.0722. The molecular formula is C19H25F3N6O2. The topological polar surface area (TPSA) is 85.2 Å². The van der Waals surface area contributed by atoms with Gasteiger partial charge in [-0.25, -0.2) is 19.7 Å². The fourth-order valence-corrected chi connectivity index (χ4v) is 3.10. The van der Waals surface area contributed by atoms with Gasteiger partial charge in [-0.2, -0.15) is 13.2 Å². The molecule has 8 nitrogen and oxygen atoms in total. The zero-order valence-corrected chi connectivity index (χ0v) is 17.3. The van der Waals surface area contributed by atoms with E-state index in [2.05, 4.69) is 20.3 Å². The highest BCUT2D eigenvalue weighted by atomic mass is 19.4. The molecule has 1 amide bonds. The molecule has 1 N–H and O–H groups in total. The molecule has 0 atom stereocenters. The lowest BCUT2D eigenvalue weighted by Crippen LogP contribution is -2.44.